The van der Waals surface area contributed by atoms with Crippen LogP contribution in [-0.2, 0) is 11.3 Å². The van der Waals surface area contributed by atoms with Gasteiger partial charge in [0.2, 0.25) is 0 Å². The molecule has 3 nitrogen and oxygen atoms in total. The molecule has 1 aliphatic carbocycles. The predicted molar refractivity (Wildman–Crippen MR) is 106 cm³/mol. The number of amides is 1. The number of carbonyl (C=O) groups excluding carboxylic acids is 1. The molecule has 0 radical (unpaired) electrons. The summed E-state index contributed by atoms with van der Waals surface area (Å²) in [5.41, 5.74) is 3.08. The highest BCUT2D eigenvalue weighted by Gasteiger charge is 2.24. The molecule has 0 aliphatic heterocycles. The van der Waals surface area contributed by atoms with Crippen molar-refractivity contribution in [3.8, 4) is 5.75 Å². The minimum Gasteiger partial charge on any atom is -0.484 e. The molecule has 0 aromatic heterocycles. The maximum Gasteiger partial charge on any atom is 0.260 e. The fourth-order valence-corrected chi connectivity index (χ4v) is 3.38. The van der Waals surface area contributed by atoms with Gasteiger partial charge in [0.1, 0.15) is 5.75 Å². The fraction of sp³-hybridized carbons (Fsp3) is 0.409. The number of carbonyl (C=O) groups is 1. The Morgan fingerprint density at radius 3 is 2.38 bits per heavy atom. The van der Waals surface area contributed by atoms with Crippen LogP contribution in [0.3, 0.4) is 0 Å². The molecule has 4 heteroatoms. The molecule has 0 heterocycles. The summed E-state index contributed by atoms with van der Waals surface area (Å²) in [6.45, 7) is 5.40. The molecule has 0 saturated heterocycles. The first-order valence-electron chi connectivity index (χ1n) is 9.24. The Morgan fingerprint density at radius 2 is 1.81 bits per heavy atom. The minimum atomic E-state index is 0.0333. The zero-order valence-corrected chi connectivity index (χ0v) is 16.3. The topological polar surface area (TPSA) is 29.5 Å². The molecule has 2 aromatic rings. The molecule has 138 valence electrons. The van der Waals surface area contributed by atoms with Crippen molar-refractivity contribution in [2.24, 2.45) is 5.92 Å². The lowest BCUT2D eigenvalue weighted by Crippen LogP contribution is -2.39. The van der Waals surface area contributed by atoms with Gasteiger partial charge in [0, 0.05) is 18.1 Å². The summed E-state index contributed by atoms with van der Waals surface area (Å²) < 4.78 is 5.79. The molecule has 2 aromatic carbocycles. The standard InChI is InChI=1S/C22H26ClNO2/c1-16-11-20(12-17(2)22(16)23)26-15-21(25)24(14-19-9-6-10-19)13-18-7-4-3-5-8-18/h3-5,7-8,11-12,19H,6,9-10,13-15H2,1-2H3. The second-order valence-electron chi connectivity index (χ2n) is 7.22. The summed E-state index contributed by atoms with van der Waals surface area (Å²) in [4.78, 5) is 14.7. The van der Waals surface area contributed by atoms with E-state index in [9.17, 15) is 4.79 Å². The van der Waals surface area contributed by atoms with Crippen molar-refractivity contribution in [2.75, 3.05) is 13.2 Å². The summed E-state index contributed by atoms with van der Waals surface area (Å²) in [6.07, 6.45) is 3.71. The maximum atomic E-state index is 12.8. The third kappa shape index (κ3) is 4.79. The normalized spacial score (nSPS) is 14.0. The Morgan fingerprint density at radius 1 is 1.15 bits per heavy atom. The van der Waals surface area contributed by atoms with E-state index < -0.39 is 0 Å². The van der Waals surface area contributed by atoms with Crippen molar-refractivity contribution in [3.63, 3.8) is 0 Å². The lowest BCUT2D eigenvalue weighted by atomic mass is 9.85. The molecular formula is C22H26ClNO2. The van der Waals surface area contributed by atoms with E-state index in [0.29, 0.717) is 18.2 Å². The van der Waals surface area contributed by atoms with Crippen LogP contribution >= 0.6 is 11.6 Å². The molecule has 0 unspecified atom stereocenters. The van der Waals surface area contributed by atoms with Crippen LogP contribution in [-0.4, -0.2) is 24.0 Å². The molecule has 3 rings (SSSR count). The fourth-order valence-electron chi connectivity index (χ4n) is 3.27. The quantitative estimate of drug-likeness (QED) is 0.672. The number of halogens is 1. The average Bonchev–Trinajstić information content (AvgIpc) is 2.60. The highest BCUT2D eigenvalue weighted by Crippen LogP contribution is 2.28. The Hall–Kier alpha value is -2.00. The lowest BCUT2D eigenvalue weighted by molar-refractivity contribution is -0.135. The number of ether oxygens (including phenoxy) is 1. The Bertz CT molecular complexity index is 733. The SMILES string of the molecule is Cc1cc(OCC(=O)N(Cc2ccccc2)CC2CCC2)cc(C)c1Cl. The van der Waals surface area contributed by atoms with E-state index in [1.54, 1.807) is 0 Å². The Balaban J connectivity index is 1.64. The molecule has 1 aliphatic rings. The van der Waals surface area contributed by atoms with Crippen LogP contribution in [0.4, 0.5) is 0 Å². The zero-order chi connectivity index (χ0) is 18.5. The van der Waals surface area contributed by atoms with Gasteiger partial charge in [0.15, 0.2) is 6.61 Å². The van der Waals surface area contributed by atoms with Crippen LogP contribution in [0, 0.1) is 19.8 Å². The van der Waals surface area contributed by atoms with Gasteiger partial charge in [-0.25, -0.2) is 0 Å². The zero-order valence-electron chi connectivity index (χ0n) is 15.5. The van der Waals surface area contributed by atoms with Crippen LogP contribution in [0.25, 0.3) is 0 Å². The van der Waals surface area contributed by atoms with E-state index in [0.717, 1.165) is 28.3 Å². The second-order valence-corrected chi connectivity index (χ2v) is 7.59. The second kappa shape index (κ2) is 8.59. The minimum absolute atomic E-state index is 0.0333. The van der Waals surface area contributed by atoms with Crippen molar-refractivity contribution in [3.05, 3.63) is 64.2 Å². The summed E-state index contributed by atoms with van der Waals surface area (Å²) >= 11 is 6.20. The Kier molecular flexibility index (Phi) is 6.20. The molecule has 0 atom stereocenters. The van der Waals surface area contributed by atoms with E-state index in [4.69, 9.17) is 16.3 Å². The molecule has 26 heavy (non-hydrogen) atoms. The number of benzene rings is 2. The summed E-state index contributed by atoms with van der Waals surface area (Å²) in [7, 11) is 0. The van der Waals surface area contributed by atoms with Gasteiger partial charge in [-0.1, -0.05) is 48.4 Å². The van der Waals surface area contributed by atoms with Gasteiger partial charge in [0.05, 0.1) is 0 Å². The van der Waals surface area contributed by atoms with Gasteiger partial charge < -0.3 is 9.64 Å². The van der Waals surface area contributed by atoms with Crippen molar-refractivity contribution < 1.29 is 9.53 Å². The van der Waals surface area contributed by atoms with E-state index in [1.807, 2.05) is 49.1 Å². The number of nitrogens with zero attached hydrogens (tertiary/aromatic N) is 1. The van der Waals surface area contributed by atoms with Crippen molar-refractivity contribution in [1.82, 2.24) is 4.90 Å². The largest absolute Gasteiger partial charge is 0.484 e. The van der Waals surface area contributed by atoms with Gasteiger partial charge in [-0.2, -0.15) is 0 Å². The summed E-state index contributed by atoms with van der Waals surface area (Å²) in [6, 6.07) is 13.9. The third-order valence-corrected chi connectivity index (χ3v) is 5.64. The number of aryl methyl sites for hydroxylation is 2. The monoisotopic (exact) mass is 371 g/mol. The predicted octanol–water partition coefficient (Wildman–Crippen LogP) is 5.16. The number of hydrogen-bond acceptors (Lipinski definition) is 2. The summed E-state index contributed by atoms with van der Waals surface area (Å²) in [5, 5.41) is 0.749. The van der Waals surface area contributed by atoms with Crippen LogP contribution in [0.2, 0.25) is 5.02 Å². The van der Waals surface area contributed by atoms with Crippen LogP contribution in [0.15, 0.2) is 42.5 Å². The van der Waals surface area contributed by atoms with Crippen molar-refractivity contribution >= 4 is 17.5 Å². The average molecular weight is 372 g/mol. The Labute approximate surface area is 160 Å². The lowest BCUT2D eigenvalue weighted by Gasteiger charge is -2.32. The molecule has 0 N–H and O–H groups in total. The maximum absolute atomic E-state index is 12.8. The van der Waals surface area contributed by atoms with Gasteiger partial charge in [-0.15, -0.1) is 0 Å². The number of rotatable bonds is 7. The molecule has 1 amide bonds. The van der Waals surface area contributed by atoms with Crippen molar-refractivity contribution in [2.45, 2.75) is 39.7 Å². The number of hydrogen-bond donors (Lipinski definition) is 0. The van der Waals surface area contributed by atoms with Crippen LogP contribution in [0.5, 0.6) is 5.75 Å². The van der Waals surface area contributed by atoms with Gasteiger partial charge in [-0.05, 0) is 61.4 Å². The van der Waals surface area contributed by atoms with E-state index in [2.05, 4.69) is 12.1 Å². The smallest absolute Gasteiger partial charge is 0.260 e. The molecule has 0 spiro atoms. The first-order valence-corrected chi connectivity index (χ1v) is 9.62. The van der Waals surface area contributed by atoms with E-state index >= 15 is 0 Å². The van der Waals surface area contributed by atoms with Crippen LogP contribution in [0.1, 0.15) is 36.0 Å². The first-order chi connectivity index (χ1) is 12.5. The molecule has 1 saturated carbocycles. The van der Waals surface area contributed by atoms with E-state index in [-0.39, 0.29) is 12.5 Å². The molecule has 1 fully saturated rings. The molecular weight excluding hydrogens is 346 g/mol. The van der Waals surface area contributed by atoms with Gasteiger partial charge in [0.25, 0.3) is 5.91 Å². The van der Waals surface area contributed by atoms with E-state index in [1.165, 1.54) is 19.3 Å². The summed E-state index contributed by atoms with van der Waals surface area (Å²) in [5.74, 6) is 1.36. The highest BCUT2D eigenvalue weighted by atomic mass is 35.5. The van der Waals surface area contributed by atoms with Crippen LogP contribution < -0.4 is 4.74 Å². The third-order valence-electron chi connectivity index (χ3n) is 5.04. The first kappa shape index (κ1) is 18.8. The van der Waals surface area contributed by atoms with Crippen molar-refractivity contribution in [1.29, 1.82) is 0 Å². The highest BCUT2D eigenvalue weighted by molar-refractivity contribution is 6.32. The van der Waals surface area contributed by atoms with Gasteiger partial charge >= 0.3 is 0 Å². The van der Waals surface area contributed by atoms with Gasteiger partial charge in [-0.3, -0.25) is 4.79 Å². The molecule has 0 bridgehead atoms.